The number of halogens is 1. The van der Waals surface area contributed by atoms with Gasteiger partial charge in [0, 0.05) is 41.3 Å². The molecule has 316 valence electrons. The Bertz CT molecular complexity index is 2060. The zero-order valence-electron chi connectivity index (χ0n) is 29.8. The Hall–Kier alpha value is -2.93. The lowest BCUT2D eigenvalue weighted by Crippen LogP contribution is -2.46. The number of amides is 2. The second kappa shape index (κ2) is 19.4. The van der Waals surface area contributed by atoms with Crippen LogP contribution in [0.5, 0.6) is 0 Å². The van der Waals surface area contributed by atoms with Crippen molar-refractivity contribution in [1.82, 2.24) is 30.2 Å². The lowest BCUT2D eigenvalue weighted by atomic mass is 9.87. The van der Waals surface area contributed by atoms with Gasteiger partial charge >= 0.3 is 23.5 Å². The molecular formula is C28H39ClN7O17P3S. The Labute approximate surface area is 332 Å². The highest BCUT2D eigenvalue weighted by molar-refractivity contribution is 8.14. The molecule has 7 atom stereocenters. The number of aliphatic hydroxyl groups is 2. The summed E-state index contributed by atoms with van der Waals surface area (Å²) in [6, 6.07) is 6.31. The Kier molecular flexibility index (Phi) is 15.9. The van der Waals surface area contributed by atoms with Gasteiger partial charge in [0.1, 0.15) is 36.3 Å². The first-order valence-corrected chi connectivity index (χ1v) is 22.2. The molecule has 1 aliphatic heterocycles. The summed E-state index contributed by atoms with van der Waals surface area (Å²) >= 11 is 6.80. The number of rotatable bonds is 20. The number of aliphatic hydroxyl groups excluding tert-OH is 2. The number of nitrogens with one attached hydrogen (secondary N) is 2. The number of imidazole rings is 1. The number of nitrogen functional groups attached to an aromatic ring is 1. The van der Waals surface area contributed by atoms with Crippen molar-refractivity contribution in [3.63, 3.8) is 0 Å². The van der Waals surface area contributed by atoms with Crippen molar-refractivity contribution < 1.29 is 80.5 Å². The molecule has 3 heterocycles. The van der Waals surface area contributed by atoms with Crippen LogP contribution in [-0.4, -0.2) is 123 Å². The number of fused-ring (bicyclic) bond motifs is 1. The molecule has 1 aliphatic rings. The molecule has 1 saturated heterocycles. The van der Waals surface area contributed by atoms with Gasteiger partial charge in [-0.25, -0.2) is 28.6 Å². The number of phosphoric acid groups is 3. The highest BCUT2D eigenvalue weighted by Gasteiger charge is 2.50. The fourth-order valence-electron chi connectivity index (χ4n) is 4.94. The predicted molar refractivity (Wildman–Crippen MR) is 198 cm³/mol. The van der Waals surface area contributed by atoms with Gasteiger partial charge in [0.15, 0.2) is 17.7 Å². The van der Waals surface area contributed by atoms with Crippen LogP contribution >= 0.6 is 46.8 Å². The number of benzene rings is 1. The van der Waals surface area contributed by atoms with Gasteiger partial charge in [-0.15, -0.1) is 0 Å². The standard InChI is InChI=1S/C28H39ClN7O17P3S/c1-28(2,22(39)25(40)32-8-7-18(37)31-9-10-57-27(41)15-3-5-16(29)6-4-15)12-50-56(47,48)53-55(45,46)49-11-17-21(52-54(42,43)44)20(38)26(51-17)36-14-35-19-23(30)33-13-34-24(19)36/h3-6,13-14,17,20-22,26,38-39H,7-12H2,1-2H3,(H,31,37)(H,32,40)(H,45,46)(H,47,48)(H2,30,33,34)(H2,42,43,44)/t17-,20-,21-,22?,26-/m1/s1. The third-order valence-corrected chi connectivity index (χ3v) is 12.1. The third-order valence-electron chi connectivity index (χ3n) is 7.81. The Morgan fingerprint density at radius 1 is 1.04 bits per heavy atom. The SMILES string of the molecule is CC(C)(COP(=O)(O)OP(=O)(O)OC[C@H]1O[C@@H](n2cnc3c(N)ncnc32)[C@H](O)[C@@H]1OP(=O)(O)O)C(O)C(=O)NCCC(=O)NCCSC(=O)c1ccc(Cl)cc1. The summed E-state index contributed by atoms with van der Waals surface area (Å²) in [5.41, 5.74) is 4.69. The molecule has 0 radical (unpaired) electrons. The van der Waals surface area contributed by atoms with Crippen LogP contribution in [0.1, 0.15) is 36.9 Å². The number of nitrogens with two attached hydrogens (primary N) is 1. The maximum atomic E-state index is 12.7. The molecule has 0 aliphatic carbocycles. The molecule has 24 nitrogen and oxygen atoms in total. The van der Waals surface area contributed by atoms with Crippen molar-refractivity contribution >= 4 is 80.7 Å². The monoisotopic (exact) mass is 905 g/mol. The first-order chi connectivity index (χ1) is 26.5. The van der Waals surface area contributed by atoms with Gasteiger partial charge in [-0.2, -0.15) is 4.31 Å². The minimum absolute atomic E-state index is 0.0267. The number of hydrogen-bond acceptors (Lipinski definition) is 18. The smallest absolute Gasteiger partial charge is 0.386 e. The number of phosphoric ester groups is 3. The van der Waals surface area contributed by atoms with E-state index in [1.165, 1.54) is 13.8 Å². The van der Waals surface area contributed by atoms with E-state index in [4.69, 9.17) is 31.1 Å². The summed E-state index contributed by atoms with van der Waals surface area (Å²) < 4.78 is 62.1. The molecule has 2 aromatic heterocycles. The molecule has 3 aromatic rings. The van der Waals surface area contributed by atoms with Gasteiger partial charge in [0.25, 0.3) is 0 Å². The van der Waals surface area contributed by atoms with E-state index in [9.17, 15) is 57.9 Å². The van der Waals surface area contributed by atoms with Gasteiger partial charge in [0.05, 0.1) is 19.5 Å². The summed E-state index contributed by atoms with van der Waals surface area (Å²) in [5.74, 6) is -1.23. The zero-order valence-corrected chi connectivity index (χ0v) is 34.0. The molecule has 57 heavy (non-hydrogen) atoms. The molecule has 0 bridgehead atoms. The predicted octanol–water partition coefficient (Wildman–Crippen LogP) is 0.632. The van der Waals surface area contributed by atoms with Gasteiger partial charge in [0.2, 0.25) is 16.9 Å². The van der Waals surface area contributed by atoms with Crippen molar-refractivity contribution in [2.45, 2.75) is 50.9 Å². The normalized spacial score (nSPS) is 21.4. The van der Waals surface area contributed by atoms with Crippen molar-refractivity contribution in [2.75, 3.05) is 37.8 Å². The van der Waals surface area contributed by atoms with E-state index in [2.05, 4.69) is 34.4 Å². The molecule has 1 aromatic carbocycles. The molecule has 1 fully saturated rings. The minimum Gasteiger partial charge on any atom is -0.386 e. The second-order valence-electron chi connectivity index (χ2n) is 12.7. The van der Waals surface area contributed by atoms with Crippen LogP contribution in [0.2, 0.25) is 5.02 Å². The zero-order chi connectivity index (χ0) is 42.3. The van der Waals surface area contributed by atoms with Crippen LogP contribution in [-0.2, 0) is 45.9 Å². The van der Waals surface area contributed by atoms with Crippen molar-refractivity contribution in [3.8, 4) is 0 Å². The van der Waals surface area contributed by atoms with Gasteiger partial charge in [-0.1, -0.05) is 37.2 Å². The average Bonchev–Trinajstić information content (AvgIpc) is 3.68. The third kappa shape index (κ3) is 13.5. The van der Waals surface area contributed by atoms with Crippen molar-refractivity contribution in [3.05, 3.63) is 47.5 Å². The summed E-state index contributed by atoms with van der Waals surface area (Å²) in [5, 5.41) is 26.6. The lowest BCUT2D eigenvalue weighted by Gasteiger charge is -2.30. The van der Waals surface area contributed by atoms with Crippen molar-refractivity contribution in [2.24, 2.45) is 5.41 Å². The highest BCUT2D eigenvalue weighted by atomic mass is 35.5. The quantitative estimate of drug-likeness (QED) is 0.0554. The number of aromatic nitrogens is 4. The molecule has 0 spiro atoms. The fourth-order valence-corrected chi connectivity index (χ4v) is 8.59. The molecule has 29 heteroatoms. The number of carbonyl (C=O) groups excluding carboxylic acids is 3. The van der Waals surface area contributed by atoms with E-state index >= 15 is 0 Å². The van der Waals surface area contributed by atoms with Crippen LogP contribution in [0.4, 0.5) is 5.82 Å². The van der Waals surface area contributed by atoms with Crippen LogP contribution in [0.3, 0.4) is 0 Å². The Morgan fingerprint density at radius 2 is 1.70 bits per heavy atom. The lowest BCUT2D eigenvalue weighted by molar-refractivity contribution is -0.137. The molecular weight excluding hydrogens is 867 g/mol. The number of anilines is 1. The highest BCUT2D eigenvalue weighted by Crippen LogP contribution is 2.61. The van der Waals surface area contributed by atoms with E-state index < -0.39 is 84.6 Å². The fraction of sp³-hybridized carbons (Fsp3) is 0.500. The average molecular weight is 906 g/mol. The molecule has 3 unspecified atom stereocenters. The number of nitrogens with zero attached hydrogens (tertiary/aromatic N) is 4. The second-order valence-corrected chi connectivity index (χ2v) is 18.5. The Balaban J connectivity index is 1.23. The summed E-state index contributed by atoms with van der Waals surface area (Å²) in [7, 11) is -16.4. The molecule has 2 amide bonds. The van der Waals surface area contributed by atoms with Gasteiger partial charge < -0.3 is 50.9 Å². The van der Waals surface area contributed by atoms with E-state index in [-0.39, 0.29) is 47.4 Å². The minimum atomic E-state index is -5.58. The maximum Gasteiger partial charge on any atom is 0.481 e. The van der Waals surface area contributed by atoms with E-state index in [0.717, 1.165) is 29.0 Å². The van der Waals surface area contributed by atoms with Crippen LogP contribution in [0, 0.1) is 5.41 Å². The van der Waals surface area contributed by atoms with E-state index in [1.807, 2.05) is 0 Å². The molecule has 4 rings (SSSR count). The van der Waals surface area contributed by atoms with E-state index in [1.54, 1.807) is 24.3 Å². The van der Waals surface area contributed by atoms with Crippen LogP contribution in [0.25, 0.3) is 11.2 Å². The number of ether oxygens (including phenoxy) is 1. The Morgan fingerprint density at radius 3 is 2.37 bits per heavy atom. The van der Waals surface area contributed by atoms with Crippen LogP contribution in [0.15, 0.2) is 36.9 Å². The summed E-state index contributed by atoms with van der Waals surface area (Å²) in [6.07, 6.45) is -6.98. The summed E-state index contributed by atoms with van der Waals surface area (Å²) in [6.45, 7) is 0.387. The number of thioether (sulfide) groups is 1. The van der Waals surface area contributed by atoms with Gasteiger partial charge in [-0.05, 0) is 24.3 Å². The van der Waals surface area contributed by atoms with Gasteiger partial charge in [-0.3, -0.25) is 32.5 Å². The molecule has 0 saturated carbocycles. The largest absolute Gasteiger partial charge is 0.481 e. The van der Waals surface area contributed by atoms with Crippen LogP contribution < -0.4 is 16.4 Å². The topological polar surface area (TPSA) is 364 Å². The van der Waals surface area contributed by atoms with Crippen molar-refractivity contribution in [1.29, 1.82) is 0 Å². The number of hydrogen-bond donors (Lipinski definition) is 9. The number of carbonyl (C=O) groups is 3. The summed E-state index contributed by atoms with van der Waals surface area (Å²) in [4.78, 5) is 87.8. The maximum absolute atomic E-state index is 12.7. The first kappa shape index (κ1) is 46.8. The molecule has 10 N–H and O–H groups in total. The first-order valence-electron chi connectivity index (χ1n) is 16.3. The van der Waals surface area contributed by atoms with E-state index in [0.29, 0.717) is 10.6 Å².